The minimum Gasteiger partial charge on any atom is -0.311 e. The summed E-state index contributed by atoms with van der Waals surface area (Å²) >= 11 is 1.66. The highest BCUT2D eigenvalue weighted by molar-refractivity contribution is 7.10. The molecule has 1 aromatic heterocycles. The van der Waals surface area contributed by atoms with Gasteiger partial charge in [0.1, 0.15) is 6.07 Å². The molecule has 1 N–H and O–H groups in total. The summed E-state index contributed by atoms with van der Waals surface area (Å²) in [5.74, 6) is 0. The van der Waals surface area contributed by atoms with E-state index in [2.05, 4.69) is 16.3 Å². The third-order valence-corrected chi connectivity index (χ3v) is 4.32. The van der Waals surface area contributed by atoms with Crippen LogP contribution in [-0.4, -0.2) is 31.1 Å². The van der Waals surface area contributed by atoms with Gasteiger partial charge < -0.3 is 10.2 Å². The van der Waals surface area contributed by atoms with Crippen molar-refractivity contribution in [2.45, 2.75) is 32.2 Å². The number of likely N-dealkylation sites (tertiary alicyclic amines) is 1. The molecule has 1 fully saturated rings. The molecule has 0 spiro atoms. The average molecular weight is 263 g/mol. The summed E-state index contributed by atoms with van der Waals surface area (Å²) in [6.07, 6.45) is 5.51. The maximum absolute atomic E-state index is 8.75. The molecule has 98 valence electrons. The largest absolute Gasteiger partial charge is 0.311 e. The molecule has 1 aliphatic rings. The predicted octanol–water partition coefficient (Wildman–Crippen LogP) is 2.59. The molecule has 0 saturated carbocycles. The van der Waals surface area contributed by atoms with Crippen LogP contribution in [0.15, 0.2) is 11.4 Å². The Bertz CT molecular complexity index is 386. The minimum atomic E-state index is 0.782. The molecule has 0 amide bonds. The van der Waals surface area contributed by atoms with Crippen molar-refractivity contribution in [2.75, 3.05) is 26.2 Å². The fraction of sp³-hybridized carbons (Fsp3) is 0.643. The van der Waals surface area contributed by atoms with Gasteiger partial charge >= 0.3 is 0 Å². The second-order valence-electron chi connectivity index (χ2n) is 4.85. The van der Waals surface area contributed by atoms with Gasteiger partial charge in [0.15, 0.2) is 0 Å². The molecule has 0 unspecified atom stereocenters. The summed E-state index contributed by atoms with van der Waals surface area (Å²) in [7, 11) is 0. The van der Waals surface area contributed by atoms with Crippen LogP contribution in [0, 0.1) is 11.3 Å². The van der Waals surface area contributed by atoms with Crippen LogP contribution in [-0.2, 0) is 6.54 Å². The van der Waals surface area contributed by atoms with Gasteiger partial charge in [0.2, 0.25) is 0 Å². The first-order valence-corrected chi connectivity index (χ1v) is 7.67. The number of nitriles is 1. The van der Waals surface area contributed by atoms with Crippen molar-refractivity contribution in [3.05, 3.63) is 21.9 Å². The summed E-state index contributed by atoms with van der Waals surface area (Å²) in [5, 5.41) is 14.1. The standard InChI is InChI=1S/C14H21N3S/c15-10-13-9-14(18-12-13)11-16-5-8-17-6-3-1-2-4-7-17/h9,12,16H,1-8,11H2. The Balaban J connectivity index is 1.62. The van der Waals surface area contributed by atoms with Crippen molar-refractivity contribution in [3.8, 4) is 6.07 Å². The van der Waals surface area contributed by atoms with Crippen LogP contribution in [0.3, 0.4) is 0 Å². The van der Waals surface area contributed by atoms with Crippen molar-refractivity contribution < 1.29 is 0 Å². The van der Waals surface area contributed by atoms with E-state index in [-0.39, 0.29) is 0 Å². The number of hydrogen-bond donors (Lipinski definition) is 1. The zero-order chi connectivity index (χ0) is 12.6. The number of hydrogen-bond acceptors (Lipinski definition) is 4. The first-order chi connectivity index (χ1) is 8.88. The monoisotopic (exact) mass is 263 g/mol. The van der Waals surface area contributed by atoms with Gasteiger partial charge in [-0.3, -0.25) is 0 Å². The van der Waals surface area contributed by atoms with Gasteiger partial charge in [-0.2, -0.15) is 5.26 Å². The minimum absolute atomic E-state index is 0.782. The van der Waals surface area contributed by atoms with E-state index in [4.69, 9.17) is 5.26 Å². The predicted molar refractivity (Wildman–Crippen MR) is 75.6 cm³/mol. The summed E-state index contributed by atoms with van der Waals surface area (Å²) in [5.41, 5.74) is 0.782. The second kappa shape index (κ2) is 7.52. The summed E-state index contributed by atoms with van der Waals surface area (Å²) in [6, 6.07) is 4.15. The normalized spacial score (nSPS) is 17.3. The topological polar surface area (TPSA) is 39.1 Å². The van der Waals surface area contributed by atoms with Crippen molar-refractivity contribution in [3.63, 3.8) is 0 Å². The Hall–Kier alpha value is -0.890. The first kappa shape index (κ1) is 13.5. The van der Waals surface area contributed by atoms with Crippen LogP contribution < -0.4 is 5.32 Å². The molecule has 0 radical (unpaired) electrons. The van der Waals surface area contributed by atoms with Crippen LogP contribution in [0.2, 0.25) is 0 Å². The smallest absolute Gasteiger partial charge is 0.100 e. The molecule has 0 atom stereocenters. The van der Waals surface area contributed by atoms with Gasteiger partial charge in [-0.15, -0.1) is 11.3 Å². The first-order valence-electron chi connectivity index (χ1n) is 6.79. The average Bonchev–Trinajstić information content (AvgIpc) is 2.70. The van der Waals surface area contributed by atoms with E-state index in [0.717, 1.165) is 25.2 Å². The quantitative estimate of drug-likeness (QED) is 0.830. The highest BCUT2D eigenvalue weighted by atomic mass is 32.1. The van der Waals surface area contributed by atoms with Crippen molar-refractivity contribution >= 4 is 11.3 Å². The lowest BCUT2D eigenvalue weighted by atomic mass is 10.2. The molecule has 2 heterocycles. The molecule has 0 bridgehead atoms. The van der Waals surface area contributed by atoms with Crippen molar-refractivity contribution in [1.29, 1.82) is 5.26 Å². The van der Waals surface area contributed by atoms with Gasteiger partial charge in [0, 0.05) is 29.9 Å². The van der Waals surface area contributed by atoms with E-state index in [1.807, 2.05) is 11.4 Å². The lowest BCUT2D eigenvalue weighted by Crippen LogP contribution is -2.32. The molecule has 0 aliphatic carbocycles. The Morgan fingerprint density at radius 1 is 1.28 bits per heavy atom. The molecular formula is C14H21N3S. The third kappa shape index (κ3) is 4.41. The van der Waals surface area contributed by atoms with E-state index < -0.39 is 0 Å². The Morgan fingerprint density at radius 3 is 2.72 bits per heavy atom. The van der Waals surface area contributed by atoms with Crippen molar-refractivity contribution in [2.24, 2.45) is 0 Å². The summed E-state index contributed by atoms with van der Waals surface area (Å²) < 4.78 is 0. The molecule has 18 heavy (non-hydrogen) atoms. The fourth-order valence-electron chi connectivity index (χ4n) is 2.34. The van der Waals surface area contributed by atoms with Crippen molar-refractivity contribution in [1.82, 2.24) is 10.2 Å². The number of nitrogens with one attached hydrogen (secondary N) is 1. The molecule has 3 nitrogen and oxygen atoms in total. The number of thiophene rings is 1. The van der Waals surface area contributed by atoms with E-state index >= 15 is 0 Å². The second-order valence-corrected chi connectivity index (χ2v) is 5.84. The molecule has 1 aliphatic heterocycles. The van der Waals surface area contributed by atoms with Gasteiger partial charge in [-0.05, 0) is 32.0 Å². The van der Waals surface area contributed by atoms with Crippen LogP contribution >= 0.6 is 11.3 Å². The number of nitrogens with zero attached hydrogens (tertiary/aromatic N) is 2. The van der Waals surface area contributed by atoms with Crippen LogP contribution in [0.5, 0.6) is 0 Å². The summed E-state index contributed by atoms with van der Waals surface area (Å²) in [6.45, 7) is 5.61. The van der Waals surface area contributed by atoms with E-state index in [0.29, 0.717) is 0 Å². The lowest BCUT2D eigenvalue weighted by Gasteiger charge is -2.19. The third-order valence-electron chi connectivity index (χ3n) is 3.39. The molecule has 2 rings (SSSR count). The molecule has 0 aromatic carbocycles. The number of rotatable bonds is 5. The highest BCUT2D eigenvalue weighted by Gasteiger charge is 2.07. The Labute approximate surface area is 113 Å². The van der Waals surface area contributed by atoms with Gasteiger partial charge in [0.25, 0.3) is 0 Å². The van der Waals surface area contributed by atoms with E-state index in [1.165, 1.54) is 43.6 Å². The fourth-order valence-corrected chi connectivity index (χ4v) is 3.12. The zero-order valence-electron chi connectivity index (χ0n) is 10.8. The summed E-state index contributed by atoms with van der Waals surface area (Å²) in [4.78, 5) is 3.82. The Kier molecular flexibility index (Phi) is 5.66. The lowest BCUT2D eigenvalue weighted by molar-refractivity contribution is 0.284. The molecular weight excluding hydrogens is 242 g/mol. The Morgan fingerprint density at radius 2 is 2.06 bits per heavy atom. The molecule has 1 aromatic rings. The van der Waals surface area contributed by atoms with Crippen LogP contribution in [0.1, 0.15) is 36.1 Å². The van der Waals surface area contributed by atoms with Gasteiger partial charge in [0.05, 0.1) is 5.56 Å². The van der Waals surface area contributed by atoms with E-state index in [1.54, 1.807) is 11.3 Å². The highest BCUT2D eigenvalue weighted by Crippen LogP contribution is 2.13. The van der Waals surface area contributed by atoms with Gasteiger partial charge in [-0.1, -0.05) is 12.8 Å². The maximum Gasteiger partial charge on any atom is 0.100 e. The molecule has 1 saturated heterocycles. The zero-order valence-corrected chi connectivity index (χ0v) is 11.6. The maximum atomic E-state index is 8.75. The SMILES string of the molecule is N#Cc1csc(CNCCN2CCCCCC2)c1. The van der Waals surface area contributed by atoms with E-state index in [9.17, 15) is 0 Å². The van der Waals surface area contributed by atoms with Gasteiger partial charge in [-0.25, -0.2) is 0 Å². The molecule has 4 heteroatoms. The van der Waals surface area contributed by atoms with Crippen LogP contribution in [0.4, 0.5) is 0 Å². The van der Waals surface area contributed by atoms with Crippen LogP contribution in [0.25, 0.3) is 0 Å².